The predicted molar refractivity (Wildman–Crippen MR) is 113 cm³/mol. The molecule has 1 N–H and O–H groups in total. The molecule has 0 aliphatic carbocycles. The molecule has 3 aromatic rings. The van der Waals surface area contributed by atoms with Crippen LogP contribution in [0.25, 0.3) is 0 Å². The van der Waals surface area contributed by atoms with Crippen molar-refractivity contribution in [2.45, 2.75) is 25.2 Å². The van der Waals surface area contributed by atoms with Gasteiger partial charge in [-0.05, 0) is 48.4 Å². The molecule has 0 amide bonds. The van der Waals surface area contributed by atoms with E-state index in [0.717, 1.165) is 29.1 Å². The van der Waals surface area contributed by atoms with Crippen LogP contribution in [0.5, 0.6) is 5.75 Å². The summed E-state index contributed by atoms with van der Waals surface area (Å²) in [7, 11) is 1.32. The van der Waals surface area contributed by atoms with E-state index in [1.165, 1.54) is 7.11 Å². The first-order chi connectivity index (χ1) is 15.1. The average molecular weight is 422 g/mol. The molecule has 1 aliphatic heterocycles. The first kappa shape index (κ1) is 21.1. The van der Waals surface area contributed by atoms with Gasteiger partial charge in [0, 0.05) is 25.2 Å². The lowest BCUT2D eigenvalue weighted by molar-refractivity contribution is -0.272. The number of carbonyl (C=O) groups is 1. The highest BCUT2D eigenvalue weighted by molar-refractivity contribution is 5.77. The number of methoxy groups -OCH3 is 1. The number of ether oxygens (including phenoxy) is 4. The van der Waals surface area contributed by atoms with Crippen LogP contribution < -0.4 is 4.74 Å². The number of pyridine rings is 1. The molecule has 1 atom stereocenters. The van der Waals surface area contributed by atoms with Gasteiger partial charge in [-0.25, -0.2) is 4.79 Å². The van der Waals surface area contributed by atoms with Crippen LogP contribution in [0.2, 0.25) is 0 Å². The van der Waals surface area contributed by atoms with Crippen molar-refractivity contribution in [2.24, 2.45) is 5.92 Å². The van der Waals surface area contributed by atoms with E-state index in [4.69, 9.17) is 18.9 Å². The molecule has 1 aliphatic rings. The fourth-order valence-corrected chi connectivity index (χ4v) is 3.56. The second-order valence-electron chi connectivity index (χ2n) is 7.65. The van der Waals surface area contributed by atoms with Crippen LogP contribution in [0.1, 0.15) is 30.0 Å². The lowest BCUT2D eigenvalue weighted by Gasteiger charge is -2.35. The number of nitrogens with zero attached hydrogens (tertiary/aromatic N) is 1. The zero-order valence-electron chi connectivity index (χ0n) is 17.6. The summed E-state index contributed by atoms with van der Waals surface area (Å²) in [6.07, 6.45) is 4.09. The number of esters is 1. The van der Waals surface area contributed by atoms with Gasteiger partial charge >= 0.3 is 5.97 Å². The summed E-state index contributed by atoms with van der Waals surface area (Å²) >= 11 is 0. The van der Waals surface area contributed by atoms with Gasteiger partial charge in [0.15, 0.2) is 6.10 Å². The molecule has 3 heterocycles. The van der Waals surface area contributed by atoms with Gasteiger partial charge in [-0.2, -0.15) is 0 Å². The summed E-state index contributed by atoms with van der Waals surface area (Å²) in [5, 5.41) is 0. The molecule has 0 radical (unpaired) electrons. The van der Waals surface area contributed by atoms with Crippen molar-refractivity contribution >= 4 is 5.97 Å². The van der Waals surface area contributed by atoms with Crippen LogP contribution in [-0.4, -0.2) is 42.0 Å². The van der Waals surface area contributed by atoms with E-state index in [1.807, 2.05) is 60.8 Å². The Hall–Kier alpha value is -3.16. The Balaban J connectivity index is 1.39. The highest BCUT2D eigenvalue weighted by atomic mass is 16.7. The maximum Gasteiger partial charge on any atom is 0.366 e. The Morgan fingerprint density at radius 1 is 1.16 bits per heavy atom. The highest BCUT2D eigenvalue weighted by Crippen LogP contribution is 2.28. The van der Waals surface area contributed by atoms with Gasteiger partial charge in [0.1, 0.15) is 5.75 Å². The smallest absolute Gasteiger partial charge is 0.366 e. The van der Waals surface area contributed by atoms with Crippen molar-refractivity contribution in [1.82, 2.24) is 9.97 Å². The van der Waals surface area contributed by atoms with Crippen molar-refractivity contribution < 1.29 is 23.7 Å². The maximum absolute atomic E-state index is 11.8. The topological polar surface area (TPSA) is 82.7 Å². The molecule has 0 bridgehead atoms. The number of hydrogen-bond acceptors (Lipinski definition) is 6. The Kier molecular flexibility index (Phi) is 6.34. The summed E-state index contributed by atoms with van der Waals surface area (Å²) in [6, 6.07) is 17.7. The number of hydrogen-bond donors (Lipinski definition) is 1. The van der Waals surface area contributed by atoms with Crippen LogP contribution in [0.4, 0.5) is 0 Å². The molecule has 4 rings (SSSR count). The lowest BCUT2D eigenvalue weighted by atomic mass is 9.99. The third-order valence-corrected chi connectivity index (χ3v) is 5.31. The molecular formula is C24H26N2O5. The van der Waals surface area contributed by atoms with Crippen LogP contribution in [0.3, 0.4) is 0 Å². The first-order valence-electron chi connectivity index (χ1n) is 10.2. The number of carbonyl (C=O) groups excluding carboxylic acids is 1. The van der Waals surface area contributed by atoms with Gasteiger partial charge in [-0.3, -0.25) is 4.98 Å². The summed E-state index contributed by atoms with van der Waals surface area (Å²) < 4.78 is 22.3. The Morgan fingerprint density at radius 2 is 1.94 bits per heavy atom. The second-order valence-corrected chi connectivity index (χ2v) is 7.65. The van der Waals surface area contributed by atoms with Gasteiger partial charge in [0.2, 0.25) is 0 Å². The molecule has 1 fully saturated rings. The summed E-state index contributed by atoms with van der Waals surface area (Å²) in [4.78, 5) is 19.4. The molecule has 0 saturated carbocycles. The molecule has 1 saturated heterocycles. The van der Waals surface area contributed by atoms with Crippen molar-refractivity contribution in [3.05, 3.63) is 83.9 Å². The lowest BCUT2D eigenvalue weighted by Crippen LogP contribution is -2.48. The van der Waals surface area contributed by atoms with Gasteiger partial charge < -0.3 is 23.9 Å². The summed E-state index contributed by atoms with van der Waals surface area (Å²) in [5.74, 6) is -0.925. The molecule has 31 heavy (non-hydrogen) atoms. The van der Waals surface area contributed by atoms with Gasteiger partial charge in [-0.15, -0.1) is 0 Å². The number of H-pyrrole nitrogens is 1. The van der Waals surface area contributed by atoms with Crippen LogP contribution in [0, 0.1) is 5.92 Å². The zero-order valence-corrected chi connectivity index (χ0v) is 17.6. The van der Waals surface area contributed by atoms with Crippen LogP contribution in [-0.2, 0) is 25.4 Å². The molecule has 1 aromatic carbocycles. The molecular weight excluding hydrogens is 396 g/mol. The van der Waals surface area contributed by atoms with Gasteiger partial charge in [0.25, 0.3) is 5.79 Å². The van der Waals surface area contributed by atoms with Crippen molar-refractivity contribution in [3.8, 4) is 5.75 Å². The Bertz CT molecular complexity index is 965. The summed E-state index contributed by atoms with van der Waals surface area (Å²) in [5.41, 5.74) is 2.91. The monoisotopic (exact) mass is 422 g/mol. The van der Waals surface area contributed by atoms with Crippen molar-refractivity contribution in [2.75, 3.05) is 20.3 Å². The summed E-state index contributed by atoms with van der Waals surface area (Å²) in [6.45, 7) is 2.44. The highest BCUT2D eigenvalue weighted by Gasteiger charge is 2.41. The van der Waals surface area contributed by atoms with E-state index >= 15 is 0 Å². The quantitative estimate of drug-likeness (QED) is 0.585. The SMILES string of the molecule is COC(=O)[C@]1(C)OC[C@H](Cc2ccc(OC(c3ccccn3)c3ccc[nH]3)cc2)CO1. The fraction of sp³-hybridized carbons (Fsp3) is 0.333. The minimum atomic E-state index is -1.32. The predicted octanol–water partition coefficient (Wildman–Crippen LogP) is 3.67. The molecule has 7 nitrogen and oxygen atoms in total. The zero-order chi connectivity index (χ0) is 21.7. The first-order valence-corrected chi connectivity index (χ1v) is 10.2. The normalized spacial score (nSPS) is 21.9. The van der Waals surface area contributed by atoms with Crippen LogP contribution in [0.15, 0.2) is 67.0 Å². The maximum atomic E-state index is 11.8. The number of aromatic amines is 1. The van der Waals surface area contributed by atoms with E-state index in [2.05, 4.69) is 9.97 Å². The minimum Gasteiger partial charge on any atom is -0.478 e. The third-order valence-electron chi connectivity index (χ3n) is 5.31. The number of benzene rings is 1. The van der Waals surface area contributed by atoms with Crippen molar-refractivity contribution in [1.29, 1.82) is 0 Å². The van der Waals surface area contributed by atoms with Gasteiger partial charge in [-0.1, -0.05) is 18.2 Å². The standard InChI is InChI=1S/C24H26N2O5/c1-24(23(27)28-2)29-15-18(16-30-24)14-17-8-10-19(11-9-17)31-22(21-7-5-13-26-21)20-6-3-4-12-25-20/h3-13,18,22,26H,14-16H2,1-2H3/t18-,22?,24+. The molecule has 7 heteroatoms. The van der Waals surface area contributed by atoms with E-state index in [-0.39, 0.29) is 12.0 Å². The largest absolute Gasteiger partial charge is 0.478 e. The number of nitrogens with one attached hydrogen (secondary N) is 1. The van der Waals surface area contributed by atoms with E-state index in [9.17, 15) is 4.79 Å². The Morgan fingerprint density at radius 3 is 2.55 bits per heavy atom. The third kappa shape index (κ3) is 4.95. The van der Waals surface area contributed by atoms with Gasteiger partial charge in [0.05, 0.1) is 31.7 Å². The fourth-order valence-electron chi connectivity index (χ4n) is 3.56. The molecule has 2 aromatic heterocycles. The van der Waals surface area contributed by atoms with E-state index in [0.29, 0.717) is 13.2 Å². The van der Waals surface area contributed by atoms with Crippen LogP contribution >= 0.6 is 0 Å². The molecule has 162 valence electrons. The minimum absolute atomic E-state index is 0.157. The average Bonchev–Trinajstić information content (AvgIpc) is 3.35. The van der Waals surface area contributed by atoms with E-state index in [1.54, 1.807) is 13.1 Å². The Labute approximate surface area is 181 Å². The number of aromatic nitrogens is 2. The number of rotatable bonds is 7. The molecule has 0 spiro atoms. The van der Waals surface area contributed by atoms with Crippen molar-refractivity contribution in [3.63, 3.8) is 0 Å². The second kappa shape index (κ2) is 9.32. The van der Waals surface area contributed by atoms with E-state index < -0.39 is 11.8 Å². The molecule has 1 unspecified atom stereocenters.